The zero-order chi connectivity index (χ0) is 10.1. The standard InChI is InChI=1S/C9H10N4O/c1-6-3-13-4-8(10-5-14)12-9(13)7(2)11-6/h3-5H,1-2H3,(H,10,14). The van der Waals surface area contributed by atoms with Crippen molar-refractivity contribution < 1.29 is 4.79 Å². The molecule has 0 fully saturated rings. The van der Waals surface area contributed by atoms with Crippen molar-refractivity contribution >= 4 is 17.9 Å². The van der Waals surface area contributed by atoms with Gasteiger partial charge in [-0.3, -0.25) is 9.78 Å². The molecule has 1 amide bonds. The van der Waals surface area contributed by atoms with E-state index in [2.05, 4.69) is 15.3 Å². The molecule has 0 unspecified atom stereocenters. The van der Waals surface area contributed by atoms with Crippen molar-refractivity contribution in [1.29, 1.82) is 0 Å². The second kappa shape index (κ2) is 3.10. The Labute approximate surface area is 80.8 Å². The second-order valence-corrected chi connectivity index (χ2v) is 3.09. The van der Waals surface area contributed by atoms with Crippen LogP contribution in [-0.2, 0) is 4.79 Å². The number of hydrogen-bond acceptors (Lipinski definition) is 3. The Morgan fingerprint density at radius 1 is 1.36 bits per heavy atom. The molecular weight excluding hydrogens is 180 g/mol. The molecule has 72 valence electrons. The average Bonchev–Trinajstić information content (AvgIpc) is 2.48. The summed E-state index contributed by atoms with van der Waals surface area (Å²) < 4.78 is 1.85. The van der Waals surface area contributed by atoms with E-state index in [9.17, 15) is 4.79 Å². The van der Waals surface area contributed by atoms with Gasteiger partial charge < -0.3 is 9.72 Å². The molecule has 2 aromatic rings. The third-order valence-electron chi connectivity index (χ3n) is 1.93. The van der Waals surface area contributed by atoms with Gasteiger partial charge in [-0.15, -0.1) is 0 Å². The molecule has 5 nitrogen and oxygen atoms in total. The summed E-state index contributed by atoms with van der Waals surface area (Å²) in [6, 6.07) is 0. The Hall–Kier alpha value is -1.91. The van der Waals surface area contributed by atoms with Gasteiger partial charge in [-0.25, -0.2) is 4.98 Å². The molecule has 0 aliphatic heterocycles. The highest BCUT2D eigenvalue weighted by atomic mass is 16.1. The number of hydrogen-bond donors (Lipinski definition) is 1. The molecule has 5 heteroatoms. The summed E-state index contributed by atoms with van der Waals surface area (Å²) >= 11 is 0. The van der Waals surface area contributed by atoms with E-state index in [1.54, 1.807) is 6.20 Å². The smallest absolute Gasteiger partial charge is 0.212 e. The molecule has 1 N–H and O–H groups in total. The first kappa shape index (κ1) is 8.68. The van der Waals surface area contributed by atoms with Crippen LogP contribution in [0.4, 0.5) is 5.82 Å². The highest BCUT2D eigenvalue weighted by Crippen LogP contribution is 2.12. The molecule has 0 atom stereocenters. The monoisotopic (exact) mass is 190 g/mol. The van der Waals surface area contributed by atoms with Crippen LogP contribution in [0.2, 0.25) is 0 Å². The maximum atomic E-state index is 10.2. The number of nitrogens with one attached hydrogen (secondary N) is 1. The Morgan fingerprint density at radius 2 is 2.14 bits per heavy atom. The lowest BCUT2D eigenvalue weighted by Crippen LogP contribution is -1.93. The van der Waals surface area contributed by atoms with E-state index >= 15 is 0 Å². The molecule has 0 saturated carbocycles. The molecule has 0 aliphatic carbocycles. The van der Waals surface area contributed by atoms with E-state index in [-0.39, 0.29) is 0 Å². The lowest BCUT2D eigenvalue weighted by atomic mass is 10.4. The van der Waals surface area contributed by atoms with Gasteiger partial charge in [0.2, 0.25) is 6.41 Å². The average molecular weight is 190 g/mol. The van der Waals surface area contributed by atoms with Crippen molar-refractivity contribution in [2.45, 2.75) is 13.8 Å². The number of imidazole rings is 1. The van der Waals surface area contributed by atoms with Gasteiger partial charge in [0.05, 0.1) is 17.6 Å². The van der Waals surface area contributed by atoms with Gasteiger partial charge in [-0.05, 0) is 13.8 Å². The molecule has 0 spiro atoms. The Kier molecular flexibility index (Phi) is 1.92. The van der Waals surface area contributed by atoms with Crippen LogP contribution in [0.1, 0.15) is 11.4 Å². The summed E-state index contributed by atoms with van der Waals surface area (Å²) in [5.74, 6) is 0.538. The van der Waals surface area contributed by atoms with E-state index in [1.807, 2.05) is 24.4 Å². The molecule has 0 saturated heterocycles. The van der Waals surface area contributed by atoms with Crippen LogP contribution in [-0.4, -0.2) is 20.8 Å². The lowest BCUT2D eigenvalue weighted by Gasteiger charge is -1.97. The number of carbonyl (C=O) groups excluding carboxylic acids is 1. The molecule has 0 aliphatic rings. The van der Waals surface area contributed by atoms with Crippen LogP contribution in [0.3, 0.4) is 0 Å². The predicted molar refractivity (Wildman–Crippen MR) is 52.1 cm³/mol. The quantitative estimate of drug-likeness (QED) is 0.716. The number of fused-ring (bicyclic) bond motifs is 1. The summed E-state index contributed by atoms with van der Waals surface area (Å²) in [6.45, 7) is 3.80. The minimum absolute atomic E-state index is 0.538. The third-order valence-corrected chi connectivity index (χ3v) is 1.93. The maximum Gasteiger partial charge on any atom is 0.212 e. The zero-order valence-corrected chi connectivity index (χ0v) is 7.98. The van der Waals surface area contributed by atoms with Crippen LogP contribution in [0.5, 0.6) is 0 Å². The number of rotatable bonds is 2. The number of carbonyl (C=O) groups is 1. The second-order valence-electron chi connectivity index (χ2n) is 3.09. The number of aromatic nitrogens is 3. The van der Waals surface area contributed by atoms with E-state index in [0.29, 0.717) is 12.2 Å². The zero-order valence-electron chi connectivity index (χ0n) is 7.98. The van der Waals surface area contributed by atoms with Gasteiger partial charge in [0, 0.05) is 6.20 Å². The van der Waals surface area contributed by atoms with E-state index in [0.717, 1.165) is 17.0 Å². The third kappa shape index (κ3) is 1.32. The Bertz CT molecular complexity index is 489. The number of aryl methyl sites for hydroxylation is 2. The van der Waals surface area contributed by atoms with Crippen LogP contribution >= 0.6 is 0 Å². The number of amides is 1. The van der Waals surface area contributed by atoms with Crippen LogP contribution in [0, 0.1) is 13.8 Å². The predicted octanol–water partition coefficient (Wildman–Crippen LogP) is 0.914. The first-order valence-corrected chi connectivity index (χ1v) is 4.24. The lowest BCUT2D eigenvalue weighted by molar-refractivity contribution is -0.105. The maximum absolute atomic E-state index is 10.2. The summed E-state index contributed by atoms with van der Waals surface area (Å²) in [5.41, 5.74) is 2.54. The van der Waals surface area contributed by atoms with Gasteiger partial charge in [-0.2, -0.15) is 0 Å². The minimum Gasteiger partial charge on any atom is -0.312 e. The van der Waals surface area contributed by atoms with E-state index in [4.69, 9.17) is 0 Å². The summed E-state index contributed by atoms with van der Waals surface area (Å²) in [5, 5.41) is 2.50. The summed E-state index contributed by atoms with van der Waals surface area (Å²) in [4.78, 5) is 18.7. The van der Waals surface area contributed by atoms with Crippen LogP contribution < -0.4 is 5.32 Å². The van der Waals surface area contributed by atoms with Crippen molar-refractivity contribution in [2.24, 2.45) is 0 Å². The van der Waals surface area contributed by atoms with Gasteiger partial charge in [0.25, 0.3) is 0 Å². The molecular formula is C9H10N4O. The van der Waals surface area contributed by atoms with Crippen LogP contribution in [0.25, 0.3) is 5.65 Å². The normalized spacial score (nSPS) is 10.4. The molecule has 2 aromatic heterocycles. The van der Waals surface area contributed by atoms with E-state index < -0.39 is 0 Å². The number of nitrogens with zero attached hydrogens (tertiary/aromatic N) is 3. The van der Waals surface area contributed by atoms with Gasteiger partial charge in [-0.1, -0.05) is 0 Å². The highest BCUT2D eigenvalue weighted by Gasteiger charge is 2.04. The van der Waals surface area contributed by atoms with E-state index in [1.165, 1.54) is 0 Å². The van der Waals surface area contributed by atoms with Gasteiger partial charge >= 0.3 is 0 Å². The van der Waals surface area contributed by atoms with Gasteiger partial charge in [0.1, 0.15) is 0 Å². The fourth-order valence-corrected chi connectivity index (χ4v) is 1.43. The number of anilines is 1. The van der Waals surface area contributed by atoms with Crippen LogP contribution in [0.15, 0.2) is 12.4 Å². The molecule has 2 heterocycles. The van der Waals surface area contributed by atoms with Crippen molar-refractivity contribution in [1.82, 2.24) is 14.4 Å². The molecule has 0 aromatic carbocycles. The molecule has 14 heavy (non-hydrogen) atoms. The summed E-state index contributed by atoms with van der Waals surface area (Å²) in [6.07, 6.45) is 4.23. The Morgan fingerprint density at radius 3 is 2.86 bits per heavy atom. The SMILES string of the molecule is Cc1cn2cc(NC=O)nc2c(C)n1. The van der Waals surface area contributed by atoms with Crippen molar-refractivity contribution in [3.8, 4) is 0 Å². The minimum atomic E-state index is 0.538. The summed E-state index contributed by atoms with van der Waals surface area (Å²) in [7, 11) is 0. The first-order chi connectivity index (χ1) is 6.70. The van der Waals surface area contributed by atoms with Gasteiger partial charge in [0.15, 0.2) is 11.5 Å². The molecule has 0 radical (unpaired) electrons. The largest absolute Gasteiger partial charge is 0.312 e. The Balaban J connectivity index is 2.64. The van der Waals surface area contributed by atoms with Crippen molar-refractivity contribution in [3.63, 3.8) is 0 Å². The van der Waals surface area contributed by atoms with Crippen molar-refractivity contribution in [2.75, 3.05) is 5.32 Å². The molecule has 0 bridgehead atoms. The first-order valence-electron chi connectivity index (χ1n) is 4.24. The fourth-order valence-electron chi connectivity index (χ4n) is 1.43. The van der Waals surface area contributed by atoms with Crippen molar-refractivity contribution in [3.05, 3.63) is 23.8 Å². The highest BCUT2D eigenvalue weighted by molar-refractivity contribution is 5.70. The molecule has 2 rings (SSSR count). The fraction of sp³-hybridized carbons (Fsp3) is 0.222. The topological polar surface area (TPSA) is 59.3 Å².